The molecular weight excluding hydrogens is 401 g/mol. The molecule has 8 heteroatoms. The van der Waals surface area contributed by atoms with Gasteiger partial charge in [-0.1, -0.05) is 42.5 Å². The molecule has 0 fully saturated rings. The average molecular weight is 413 g/mol. The van der Waals surface area contributed by atoms with E-state index in [9.17, 15) is 23.1 Å². The molecule has 1 heterocycles. The normalized spacial score (nSPS) is 20.5. The quantitative estimate of drug-likeness (QED) is 0.808. The Morgan fingerprint density at radius 3 is 2.32 bits per heavy atom. The van der Waals surface area contributed by atoms with Crippen molar-refractivity contribution in [1.82, 2.24) is 5.01 Å². The molecule has 0 bridgehead atoms. The average Bonchev–Trinajstić information content (AvgIpc) is 2.95. The molecule has 1 aliphatic rings. The summed E-state index contributed by atoms with van der Waals surface area (Å²) in [5.41, 5.74) is -3.17. The Morgan fingerprint density at radius 1 is 1.12 bits per heavy atom. The lowest BCUT2D eigenvalue weighted by Gasteiger charge is -2.31. The van der Waals surface area contributed by atoms with Gasteiger partial charge in [0.1, 0.15) is 5.71 Å². The second-order valence-electron chi connectivity index (χ2n) is 5.50. The fourth-order valence-corrected chi connectivity index (χ4v) is 3.05. The first-order chi connectivity index (χ1) is 11.7. The molecule has 2 aromatic rings. The van der Waals surface area contributed by atoms with Gasteiger partial charge in [-0.2, -0.15) is 23.3 Å². The number of carbonyl (C=O) groups is 1. The van der Waals surface area contributed by atoms with Gasteiger partial charge in [0.05, 0.1) is 12.0 Å². The minimum atomic E-state index is -4.74. The van der Waals surface area contributed by atoms with Crippen molar-refractivity contribution in [3.8, 4) is 0 Å². The highest BCUT2D eigenvalue weighted by atomic mass is 79.9. The van der Waals surface area contributed by atoms with Crippen LogP contribution in [0.25, 0.3) is 0 Å². The van der Waals surface area contributed by atoms with E-state index in [1.807, 2.05) is 0 Å². The van der Waals surface area contributed by atoms with E-state index in [0.29, 0.717) is 9.48 Å². The molecule has 130 valence electrons. The summed E-state index contributed by atoms with van der Waals surface area (Å²) in [5.74, 6) is -0.835. The van der Waals surface area contributed by atoms with Gasteiger partial charge in [0.15, 0.2) is 5.72 Å². The van der Waals surface area contributed by atoms with E-state index in [2.05, 4.69) is 21.0 Å². The summed E-state index contributed by atoms with van der Waals surface area (Å²) in [7, 11) is 0. The van der Waals surface area contributed by atoms with Gasteiger partial charge < -0.3 is 5.11 Å². The van der Waals surface area contributed by atoms with Crippen LogP contribution in [0, 0.1) is 0 Å². The van der Waals surface area contributed by atoms with Crippen molar-refractivity contribution >= 4 is 27.5 Å². The van der Waals surface area contributed by atoms with E-state index in [1.165, 1.54) is 18.2 Å². The highest BCUT2D eigenvalue weighted by Crippen LogP contribution is 2.40. The van der Waals surface area contributed by atoms with Crippen LogP contribution in [0.3, 0.4) is 0 Å². The summed E-state index contributed by atoms with van der Waals surface area (Å²) in [6.45, 7) is 0. The molecule has 25 heavy (non-hydrogen) atoms. The third-order valence-electron chi connectivity index (χ3n) is 3.85. The zero-order chi connectivity index (χ0) is 18.2. The molecule has 0 aliphatic carbocycles. The van der Waals surface area contributed by atoms with Crippen LogP contribution >= 0.6 is 15.9 Å². The zero-order valence-electron chi connectivity index (χ0n) is 12.7. The zero-order valence-corrected chi connectivity index (χ0v) is 14.3. The molecular formula is C17H12BrF3N2O2. The third-order valence-corrected chi connectivity index (χ3v) is 4.54. The maximum absolute atomic E-state index is 13.1. The monoisotopic (exact) mass is 412 g/mol. The maximum Gasteiger partial charge on any atom is 0.431 e. The molecule has 0 saturated carbocycles. The molecule has 1 atom stereocenters. The molecule has 3 rings (SSSR count). The molecule has 0 unspecified atom stereocenters. The van der Waals surface area contributed by atoms with Gasteiger partial charge in [0.2, 0.25) is 0 Å². The van der Waals surface area contributed by atoms with Crippen molar-refractivity contribution in [2.24, 2.45) is 5.10 Å². The predicted molar refractivity (Wildman–Crippen MR) is 88.8 cm³/mol. The minimum absolute atomic E-state index is 0.101. The maximum atomic E-state index is 13.1. The number of alkyl halides is 3. The summed E-state index contributed by atoms with van der Waals surface area (Å²) in [5, 5.41) is 14.9. The minimum Gasteiger partial charge on any atom is -0.365 e. The van der Waals surface area contributed by atoms with Gasteiger partial charge in [-0.05, 0) is 28.1 Å². The summed E-state index contributed by atoms with van der Waals surface area (Å²) >= 11 is 3.19. The molecule has 4 nitrogen and oxygen atoms in total. The highest BCUT2D eigenvalue weighted by Gasteiger charge is 2.53. The SMILES string of the molecule is O=C(c1ccccc1Br)N1N=C(C(F)(F)F)C[C@]1(O)c1ccccc1. The first-order valence-electron chi connectivity index (χ1n) is 7.25. The summed E-state index contributed by atoms with van der Waals surface area (Å²) in [6.07, 6.45) is -5.58. The van der Waals surface area contributed by atoms with Crippen molar-refractivity contribution in [2.45, 2.75) is 18.3 Å². The highest BCUT2D eigenvalue weighted by molar-refractivity contribution is 9.10. The van der Waals surface area contributed by atoms with Gasteiger partial charge in [-0.25, -0.2) is 0 Å². The number of halogens is 4. The fourth-order valence-electron chi connectivity index (χ4n) is 2.60. The Kier molecular flexibility index (Phi) is 4.42. The van der Waals surface area contributed by atoms with Gasteiger partial charge in [0, 0.05) is 10.0 Å². The van der Waals surface area contributed by atoms with E-state index in [1.54, 1.807) is 36.4 Å². The molecule has 0 saturated heterocycles. The number of benzene rings is 2. The van der Waals surface area contributed by atoms with Crippen LogP contribution in [0.4, 0.5) is 13.2 Å². The number of amides is 1. The van der Waals surface area contributed by atoms with Gasteiger partial charge in [-0.3, -0.25) is 4.79 Å². The molecule has 1 aliphatic heterocycles. The van der Waals surface area contributed by atoms with E-state index in [0.717, 1.165) is 0 Å². The predicted octanol–water partition coefficient (Wildman–Crippen LogP) is 4.06. The summed E-state index contributed by atoms with van der Waals surface area (Å²) in [6, 6.07) is 14.0. The lowest BCUT2D eigenvalue weighted by Crippen LogP contribution is -2.43. The van der Waals surface area contributed by atoms with Crippen LogP contribution in [0.2, 0.25) is 0 Å². The van der Waals surface area contributed by atoms with E-state index in [4.69, 9.17) is 0 Å². The smallest absolute Gasteiger partial charge is 0.365 e. The van der Waals surface area contributed by atoms with Crippen LogP contribution in [-0.4, -0.2) is 27.9 Å². The Labute approximate surface area is 149 Å². The van der Waals surface area contributed by atoms with Crippen LogP contribution in [0.5, 0.6) is 0 Å². The molecule has 0 radical (unpaired) electrons. The second-order valence-corrected chi connectivity index (χ2v) is 6.36. The number of hydrogen-bond acceptors (Lipinski definition) is 3. The molecule has 2 aromatic carbocycles. The van der Waals surface area contributed by atoms with Crippen molar-refractivity contribution in [3.63, 3.8) is 0 Å². The Bertz CT molecular complexity index is 839. The first-order valence-corrected chi connectivity index (χ1v) is 8.04. The number of aliphatic hydroxyl groups is 1. The Hall–Kier alpha value is -2.19. The Balaban J connectivity index is 2.10. The van der Waals surface area contributed by atoms with Crippen LogP contribution in [0.15, 0.2) is 64.2 Å². The topological polar surface area (TPSA) is 52.9 Å². The number of hydrazone groups is 1. The molecule has 1 amide bonds. The first kappa shape index (κ1) is 17.6. The standard InChI is InChI=1S/C17H12BrF3N2O2/c18-13-9-5-4-8-12(13)15(24)23-16(25,11-6-2-1-3-7-11)10-14(22-23)17(19,20)21/h1-9,25H,10H2/t16-/m0/s1. The summed E-state index contributed by atoms with van der Waals surface area (Å²) in [4.78, 5) is 12.8. The van der Waals surface area contributed by atoms with Gasteiger partial charge in [0.25, 0.3) is 5.91 Å². The van der Waals surface area contributed by atoms with Crippen LogP contribution in [0.1, 0.15) is 22.3 Å². The van der Waals surface area contributed by atoms with Crippen molar-refractivity contribution in [1.29, 1.82) is 0 Å². The van der Waals surface area contributed by atoms with Gasteiger partial charge >= 0.3 is 6.18 Å². The number of nitrogens with zero attached hydrogens (tertiary/aromatic N) is 2. The summed E-state index contributed by atoms with van der Waals surface area (Å²) < 4.78 is 39.8. The molecule has 1 N–H and O–H groups in total. The second kappa shape index (κ2) is 6.27. The number of hydrogen-bond donors (Lipinski definition) is 1. The van der Waals surface area contributed by atoms with Crippen molar-refractivity contribution in [3.05, 3.63) is 70.2 Å². The van der Waals surface area contributed by atoms with Crippen molar-refractivity contribution < 1.29 is 23.1 Å². The molecule has 0 spiro atoms. The Morgan fingerprint density at radius 2 is 1.72 bits per heavy atom. The van der Waals surface area contributed by atoms with E-state index < -0.39 is 29.9 Å². The third kappa shape index (κ3) is 3.19. The fraction of sp³-hybridized carbons (Fsp3) is 0.176. The van der Waals surface area contributed by atoms with Crippen LogP contribution in [-0.2, 0) is 5.72 Å². The largest absolute Gasteiger partial charge is 0.431 e. The van der Waals surface area contributed by atoms with Gasteiger partial charge in [-0.15, -0.1) is 0 Å². The van der Waals surface area contributed by atoms with Crippen LogP contribution < -0.4 is 0 Å². The lowest BCUT2D eigenvalue weighted by molar-refractivity contribution is -0.0816. The lowest BCUT2D eigenvalue weighted by atomic mass is 9.96. The van der Waals surface area contributed by atoms with E-state index >= 15 is 0 Å². The van der Waals surface area contributed by atoms with Crippen molar-refractivity contribution in [2.75, 3.05) is 0 Å². The number of rotatable bonds is 2. The number of carbonyl (C=O) groups excluding carboxylic acids is 1. The van der Waals surface area contributed by atoms with E-state index in [-0.39, 0.29) is 11.1 Å². The molecule has 0 aromatic heterocycles.